The lowest BCUT2D eigenvalue weighted by Crippen LogP contribution is -2.15. The van der Waals surface area contributed by atoms with E-state index in [4.69, 9.17) is 4.74 Å². The van der Waals surface area contributed by atoms with Crippen molar-refractivity contribution in [2.24, 2.45) is 5.92 Å². The fourth-order valence-electron chi connectivity index (χ4n) is 2.34. The van der Waals surface area contributed by atoms with Crippen LogP contribution in [0.4, 0.5) is 5.95 Å². The minimum absolute atomic E-state index is 0.632. The Hall–Kier alpha value is -1.36. The predicted octanol–water partition coefficient (Wildman–Crippen LogP) is 3.61. The minimum atomic E-state index is 0.632. The molecule has 0 aliphatic heterocycles. The zero-order chi connectivity index (χ0) is 13.2. The van der Waals surface area contributed by atoms with Gasteiger partial charge < -0.3 is 10.1 Å². The quantitative estimate of drug-likeness (QED) is 0.907. The van der Waals surface area contributed by atoms with Gasteiger partial charge in [0.1, 0.15) is 4.83 Å². The molecule has 0 radical (unpaired) electrons. The first-order chi connectivity index (χ1) is 9.26. The second-order valence-electron chi connectivity index (χ2n) is 5.11. The van der Waals surface area contributed by atoms with Crippen LogP contribution < -0.4 is 10.1 Å². The van der Waals surface area contributed by atoms with Gasteiger partial charge >= 0.3 is 0 Å². The van der Waals surface area contributed by atoms with Crippen LogP contribution in [0.15, 0.2) is 6.07 Å². The molecule has 102 valence electrons. The lowest BCUT2D eigenvalue weighted by molar-refractivity contribution is 0.219. The van der Waals surface area contributed by atoms with Gasteiger partial charge in [-0.05, 0) is 25.3 Å². The third-order valence-electron chi connectivity index (χ3n) is 3.69. The molecule has 0 unspecified atom stereocenters. The fourth-order valence-corrected chi connectivity index (χ4v) is 3.21. The van der Waals surface area contributed by atoms with Crippen LogP contribution in [0.2, 0.25) is 0 Å². The molecule has 1 aliphatic carbocycles. The van der Waals surface area contributed by atoms with Gasteiger partial charge in [0.15, 0.2) is 0 Å². The van der Waals surface area contributed by atoms with Crippen molar-refractivity contribution >= 4 is 27.5 Å². The van der Waals surface area contributed by atoms with Crippen LogP contribution in [0.3, 0.4) is 0 Å². The molecule has 0 spiro atoms. The monoisotopic (exact) mass is 277 g/mol. The van der Waals surface area contributed by atoms with Crippen molar-refractivity contribution in [3.05, 3.63) is 10.9 Å². The molecule has 1 fully saturated rings. The molecule has 19 heavy (non-hydrogen) atoms. The Labute approximate surface area is 117 Å². The van der Waals surface area contributed by atoms with Crippen LogP contribution in [0.25, 0.3) is 10.2 Å². The summed E-state index contributed by atoms with van der Waals surface area (Å²) in [6.45, 7) is 2.85. The van der Waals surface area contributed by atoms with E-state index in [9.17, 15) is 0 Å². The summed E-state index contributed by atoms with van der Waals surface area (Å²) in [5.74, 6) is 2.22. The number of hydrogen-bond donors (Lipinski definition) is 1. The van der Waals surface area contributed by atoms with Gasteiger partial charge in [-0.2, -0.15) is 4.98 Å². The number of nitrogens with zero attached hydrogens (tertiary/aromatic N) is 2. The smallest absolute Gasteiger partial charge is 0.227 e. The molecule has 2 heterocycles. The van der Waals surface area contributed by atoms with Crippen LogP contribution >= 0.6 is 11.3 Å². The zero-order valence-corrected chi connectivity index (χ0v) is 12.2. The highest BCUT2D eigenvalue weighted by Crippen LogP contribution is 2.32. The molecule has 4 nitrogen and oxygen atoms in total. The molecule has 5 heteroatoms. The molecule has 2 aromatic rings. The molecule has 0 amide bonds. The average Bonchev–Trinajstić information content (AvgIpc) is 2.72. The average molecular weight is 277 g/mol. The van der Waals surface area contributed by atoms with Crippen LogP contribution in [-0.4, -0.2) is 23.6 Å². The maximum Gasteiger partial charge on any atom is 0.227 e. The number of ether oxygens (including phenoxy) is 1. The lowest BCUT2D eigenvalue weighted by Gasteiger charge is -2.24. The summed E-state index contributed by atoms with van der Waals surface area (Å²) in [4.78, 5) is 11.1. The second-order valence-corrected chi connectivity index (χ2v) is 6.35. The number of rotatable bonds is 5. The van der Waals surface area contributed by atoms with E-state index in [1.54, 1.807) is 11.3 Å². The van der Waals surface area contributed by atoms with E-state index in [-0.39, 0.29) is 0 Å². The van der Waals surface area contributed by atoms with Gasteiger partial charge in [0.05, 0.1) is 12.0 Å². The highest BCUT2D eigenvalue weighted by atomic mass is 32.1. The van der Waals surface area contributed by atoms with E-state index in [1.807, 2.05) is 7.05 Å². The normalized spacial score (nSPS) is 15.5. The van der Waals surface area contributed by atoms with Crippen molar-refractivity contribution < 1.29 is 4.74 Å². The van der Waals surface area contributed by atoms with Gasteiger partial charge in [0.25, 0.3) is 0 Å². The van der Waals surface area contributed by atoms with Crippen LogP contribution in [0, 0.1) is 12.8 Å². The highest BCUT2D eigenvalue weighted by Gasteiger charge is 2.18. The first-order valence-corrected chi connectivity index (χ1v) is 7.66. The maximum absolute atomic E-state index is 5.90. The van der Waals surface area contributed by atoms with Crippen LogP contribution in [-0.2, 0) is 0 Å². The number of hydrogen-bond acceptors (Lipinski definition) is 5. The topological polar surface area (TPSA) is 47.0 Å². The van der Waals surface area contributed by atoms with Crippen LogP contribution in [0.1, 0.15) is 30.6 Å². The third-order valence-corrected chi connectivity index (χ3v) is 4.64. The van der Waals surface area contributed by atoms with Crippen molar-refractivity contribution in [1.29, 1.82) is 0 Å². The summed E-state index contributed by atoms with van der Waals surface area (Å²) in [6.07, 6.45) is 5.25. The summed E-state index contributed by atoms with van der Waals surface area (Å²) in [5.41, 5.74) is 0. The molecule has 0 saturated heterocycles. The number of aryl methyl sites for hydroxylation is 1. The Bertz CT molecular complexity index is 577. The molecule has 0 atom stereocenters. The minimum Gasteiger partial charge on any atom is -0.477 e. The van der Waals surface area contributed by atoms with Gasteiger partial charge in [-0.25, -0.2) is 4.98 Å². The Balaban J connectivity index is 1.78. The Morgan fingerprint density at radius 1 is 1.42 bits per heavy atom. The Morgan fingerprint density at radius 3 is 2.95 bits per heavy atom. The van der Waals surface area contributed by atoms with Gasteiger partial charge in [0, 0.05) is 11.9 Å². The number of aromatic nitrogens is 2. The Morgan fingerprint density at radius 2 is 2.26 bits per heavy atom. The largest absolute Gasteiger partial charge is 0.477 e. The number of nitrogens with one attached hydrogen (secondary N) is 1. The Kier molecular flexibility index (Phi) is 3.55. The van der Waals surface area contributed by atoms with Crippen molar-refractivity contribution in [3.8, 4) is 5.88 Å². The third kappa shape index (κ3) is 2.66. The standard InChI is InChI=1S/C14H19N3OS/c1-9-8-11-12(18-7-6-10-4-3-5-10)16-14(15-2)17-13(11)19-9/h8,10H,3-7H2,1-2H3,(H,15,16,17). The van der Waals surface area contributed by atoms with Crippen LogP contribution in [0.5, 0.6) is 5.88 Å². The molecule has 1 saturated carbocycles. The van der Waals surface area contributed by atoms with E-state index in [2.05, 4.69) is 28.3 Å². The molecule has 1 N–H and O–H groups in total. The van der Waals surface area contributed by atoms with E-state index >= 15 is 0 Å². The number of anilines is 1. The van der Waals surface area contributed by atoms with E-state index < -0.39 is 0 Å². The maximum atomic E-state index is 5.90. The first kappa shape index (κ1) is 12.7. The molecular formula is C14H19N3OS. The highest BCUT2D eigenvalue weighted by molar-refractivity contribution is 7.18. The van der Waals surface area contributed by atoms with Crippen molar-refractivity contribution in [3.63, 3.8) is 0 Å². The SMILES string of the molecule is CNc1nc(OCCC2CCC2)c2cc(C)sc2n1. The van der Waals surface area contributed by atoms with Crippen molar-refractivity contribution in [2.45, 2.75) is 32.6 Å². The fraction of sp³-hybridized carbons (Fsp3) is 0.571. The van der Waals surface area contributed by atoms with E-state index in [0.29, 0.717) is 5.95 Å². The molecule has 2 aromatic heterocycles. The molecular weight excluding hydrogens is 258 g/mol. The number of fused-ring (bicyclic) bond motifs is 1. The zero-order valence-electron chi connectivity index (χ0n) is 11.4. The van der Waals surface area contributed by atoms with Gasteiger partial charge in [-0.1, -0.05) is 19.3 Å². The summed E-state index contributed by atoms with van der Waals surface area (Å²) in [5, 5.41) is 4.03. The van der Waals surface area contributed by atoms with Gasteiger partial charge in [-0.15, -0.1) is 11.3 Å². The van der Waals surface area contributed by atoms with Crippen molar-refractivity contribution in [2.75, 3.05) is 19.0 Å². The van der Waals surface area contributed by atoms with E-state index in [0.717, 1.165) is 35.0 Å². The predicted molar refractivity (Wildman–Crippen MR) is 79.2 cm³/mol. The molecule has 3 rings (SSSR count). The molecule has 0 bridgehead atoms. The molecule has 0 aromatic carbocycles. The summed E-state index contributed by atoms with van der Waals surface area (Å²) in [6, 6.07) is 2.11. The molecule has 1 aliphatic rings. The lowest BCUT2D eigenvalue weighted by atomic mass is 9.83. The summed E-state index contributed by atoms with van der Waals surface area (Å²) >= 11 is 1.68. The number of thiophene rings is 1. The van der Waals surface area contributed by atoms with Gasteiger partial charge in [0.2, 0.25) is 11.8 Å². The van der Waals surface area contributed by atoms with E-state index in [1.165, 1.54) is 24.1 Å². The summed E-state index contributed by atoms with van der Waals surface area (Å²) in [7, 11) is 1.83. The van der Waals surface area contributed by atoms with Crippen molar-refractivity contribution in [1.82, 2.24) is 9.97 Å². The van der Waals surface area contributed by atoms with Gasteiger partial charge in [-0.3, -0.25) is 0 Å². The first-order valence-electron chi connectivity index (χ1n) is 6.85. The summed E-state index contributed by atoms with van der Waals surface area (Å²) < 4.78 is 5.90. The second kappa shape index (κ2) is 5.33.